The number of anilines is 1. The Morgan fingerprint density at radius 3 is 2.81 bits per heavy atom. The number of likely N-dealkylation sites (tertiary alicyclic amines) is 1. The molecule has 4 rings (SSSR count). The van der Waals surface area contributed by atoms with Crippen LogP contribution in [0.1, 0.15) is 23.9 Å². The van der Waals surface area contributed by atoms with Gasteiger partial charge in [-0.2, -0.15) is 0 Å². The minimum Gasteiger partial charge on any atom is -0.315 e. The number of amides is 2. The first-order valence-electron chi connectivity index (χ1n) is 8.65. The molecule has 0 unspecified atom stereocenters. The Morgan fingerprint density at radius 1 is 1.19 bits per heavy atom. The minimum absolute atomic E-state index is 0.0228. The highest BCUT2D eigenvalue weighted by atomic mass is 35.5. The number of benzene rings is 2. The fraction of sp³-hybridized carbons (Fsp3) is 0.200. The second-order valence-electron chi connectivity index (χ2n) is 6.34. The summed E-state index contributed by atoms with van der Waals surface area (Å²) in [6, 6.07) is 14.9. The van der Waals surface area contributed by atoms with Gasteiger partial charge in [0.05, 0.1) is 22.4 Å². The normalized spacial score (nSPS) is 16.5. The van der Waals surface area contributed by atoms with Crippen molar-refractivity contribution in [2.45, 2.75) is 18.9 Å². The third-order valence-corrected chi connectivity index (χ3v) is 6.07. The van der Waals surface area contributed by atoms with Gasteiger partial charge in [-0.15, -0.1) is 11.3 Å². The zero-order valence-electron chi connectivity index (χ0n) is 14.4. The smallest absolute Gasteiger partial charge is 0.315 e. The van der Waals surface area contributed by atoms with Crippen LogP contribution in [0.3, 0.4) is 0 Å². The molecule has 2 heterocycles. The van der Waals surface area contributed by atoms with Gasteiger partial charge in [0, 0.05) is 22.5 Å². The molecule has 0 radical (unpaired) electrons. The monoisotopic (exact) mass is 417 g/mol. The fourth-order valence-electron chi connectivity index (χ4n) is 3.23. The Kier molecular flexibility index (Phi) is 5.34. The lowest BCUT2D eigenvalue weighted by molar-refractivity contribution is 0.207. The first-order valence-corrected chi connectivity index (χ1v) is 10.3. The molecule has 4 nitrogen and oxygen atoms in total. The van der Waals surface area contributed by atoms with Crippen molar-refractivity contribution in [1.82, 2.24) is 9.88 Å². The maximum absolute atomic E-state index is 12.8. The summed E-state index contributed by atoms with van der Waals surface area (Å²) in [5.74, 6) is 0. The fourth-order valence-corrected chi connectivity index (χ4v) is 4.54. The minimum atomic E-state index is -0.182. The third kappa shape index (κ3) is 3.95. The number of carbonyl (C=O) groups is 1. The molecule has 0 spiro atoms. The van der Waals surface area contributed by atoms with Crippen molar-refractivity contribution in [3.8, 4) is 11.3 Å². The molecule has 2 aromatic carbocycles. The van der Waals surface area contributed by atoms with Crippen LogP contribution in [0.5, 0.6) is 0 Å². The molecular weight excluding hydrogens is 401 g/mol. The van der Waals surface area contributed by atoms with Crippen LogP contribution in [-0.2, 0) is 0 Å². The van der Waals surface area contributed by atoms with E-state index < -0.39 is 0 Å². The quantitative estimate of drug-likeness (QED) is 0.529. The molecule has 1 N–H and O–H groups in total. The van der Waals surface area contributed by atoms with Crippen LogP contribution in [0.2, 0.25) is 10.0 Å². The Bertz CT molecular complexity index is 961. The maximum atomic E-state index is 12.8. The van der Waals surface area contributed by atoms with Gasteiger partial charge >= 0.3 is 6.03 Å². The van der Waals surface area contributed by atoms with E-state index in [0.29, 0.717) is 22.3 Å². The average molecular weight is 418 g/mol. The van der Waals surface area contributed by atoms with Gasteiger partial charge in [0.2, 0.25) is 0 Å². The summed E-state index contributed by atoms with van der Waals surface area (Å²) >= 11 is 13.8. The zero-order chi connectivity index (χ0) is 18.8. The van der Waals surface area contributed by atoms with Gasteiger partial charge in [-0.05, 0) is 31.0 Å². The number of urea groups is 1. The van der Waals surface area contributed by atoms with E-state index in [1.54, 1.807) is 29.5 Å². The van der Waals surface area contributed by atoms with Crippen LogP contribution in [0.15, 0.2) is 53.9 Å². The largest absolute Gasteiger partial charge is 0.322 e. The molecule has 1 atom stereocenters. The predicted octanol–water partition coefficient (Wildman–Crippen LogP) is 6.49. The number of nitrogens with one attached hydrogen (secondary N) is 1. The van der Waals surface area contributed by atoms with Crippen LogP contribution >= 0.6 is 34.5 Å². The second kappa shape index (κ2) is 7.89. The van der Waals surface area contributed by atoms with Gasteiger partial charge < -0.3 is 10.2 Å². The number of hydrogen-bond acceptors (Lipinski definition) is 3. The number of hydrogen-bond donors (Lipinski definition) is 1. The van der Waals surface area contributed by atoms with Gasteiger partial charge in [-0.25, -0.2) is 9.78 Å². The first-order chi connectivity index (χ1) is 13.1. The summed E-state index contributed by atoms with van der Waals surface area (Å²) in [5.41, 5.74) is 2.55. The molecule has 1 aliphatic rings. The maximum Gasteiger partial charge on any atom is 0.322 e. The summed E-state index contributed by atoms with van der Waals surface area (Å²) in [7, 11) is 0. The van der Waals surface area contributed by atoms with Crippen molar-refractivity contribution in [1.29, 1.82) is 0 Å². The van der Waals surface area contributed by atoms with Crippen LogP contribution in [0, 0.1) is 0 Å². The molecule has 1 fully saturated rings. The SMILES string of the molecule is O=C(Nc1cc(Cl)ccc1Cl)N1CCC[C@H]1c1nc(-c2ccccc2)cs1. The number of halogens is 2. The number of carbonyl (C=O) groups excluding carboxylic acids is 1. The Labute approximate surface area is 171 Å². The molecular formula is C20H17Cl2N3OS. The van der Waals surface area contributed by atoms with Crippen molar-refractivity contribution in [3.05, 3.63) is 69.0 Å². The molecule has 0 bridgehead atoms. The molecule has 0 saturated carbocycles. The van der Waals surface area contributed by atoms with E-state index in [1.807, 2.05) is 40.6 Å². The van der Waals surface area contributed by atoms with Crippen LogP contribution < -0.4 is 5.32 Å². The molecule has 1 aromatic heterocycles. The van der Waals surface area contributed by atoms with Gasteiger partial charge in [-0.3, -0.25) is 0 Å². The summed E-state index contributed by atoms with van der Waals surface area (Å²) in [5, 5.41) is 6.87. The van der Waals surface area contributed by atoms with Crippen molar-refractivity contribution >= 4 is 46.3 Å². The highest BCUT2D eigenvalue weighted by Gasteiger charge is 2.32. The summed E-state index contributed by atoms with van der Waals surface area (Å²) in [6.07, 6.45) is 1.85. The molecule has 2 amide bonds. The van der Waals surface area contributed by atoms with E-state index in [-0.39, 0.29) is 12.1 Å². The Balaban J connectivity index is 1.53. The Morgan fingerprint density at radius 2 is 2.00 bits per heavy atom. The second-order valence-corrected chi connectivity index (χ2v) is 8.08. The molecule has 138 valence electrons. The summed E-state index contributed by atoms with van der Waals surface area (Å²) in [6.45, 7) is 0.689. The van der Waals surface area contributed by atoms with Gasteiger partial charge in [0.15, 0.2) is 0 Å². The highest BCUT2D eigenvalue weighted by Crippen LogP contribution is 2.36. The lowest BCUT2D eigenvalue weighted by Crippen LogP contribution is -2.34. The molecule has 27 heavy (non-hydrogen) atoms. The molecule has 7 heteroatoms. The summed E-state index contributed by atoms with van der Waals surface area (Å²) in [4.78, 5) is 19.4. The van der Waals surface area contributed by atoms with Gasteiger partial charge in [-0.1, -0.05) is 53.5 Å². The van der Waals surface area contributed by atoms with Crippen LogP contribution in [0.25, 0.3) is 11.3 Å². The topological polar surface area (TPSA) is 45.2 Å². The van der Waals surface area contributed by atoms with Gasteiger partial charge in [0.1, 0.15) is 5.01 Å². The number of thiazole rings is 1. The van der Waals surface area contributed by atoms with E-state index in [1.165, 1.54) is 0 Å². The Hall–Kier alpha value is -2.08. The number of nitrogens with zero attached hydrogens (tertiary/aromatic N) is 2. The van der Waals surface area contributed by atoms with E-state index in [9.17, 15) is 4.79 Å². The number of aromatic nitrogens is 1. The number of rotatable bonds is 3. The third-order valence-electron chi connectivity index (χ3n) is 4.56. The molecule has 1 aliphatic heterocycles. The molecule has 0 aliphatic carbocycles. The zero-order valence-corrected chi connectivity index (χ0v) is 16.7. The lowest BCUT2D eigenvalue weighted by Gasteiger charge is -2.23. The van der Waals surface area contributed by atoms with E-state index >= 15 is 0 Å². The predicted molar refractivity (Wildman–Crippen MR) is 112 cm³/mol. The first kappa shape index (κ1) is 18.3. The summed E-state index contributed by atoms with van der Waals surface area (Å²) < 4.78 is 0. The molecule has 1 saturated heterocycles. The van der Waals surface area contributed by atoms with E-state index in [2.05, 4.69) is 5.32 Å². The highest BCUT2D eigenvalue weighted by molar-refractivity contribution is 7.10. The van der Waals surface area contributed by atoms with Crippen molar-refractivity contribution < 1.29 is 4.79 Å². The van der Waals surface area contributed by atoms with E-state index in [4.69, 9.17) is 28.2 Å². The molecule has 3 aromatic rings. The van der Waals surface area contributed by atoms with Crippen molar-refractivity contribution in [2.75, 3.05) is 11.9 Å². The van der Waals surface area contributed by atoms with E-state index in [0.717, 1.165) is 29.1 Å². The van der Waals surface area contributed by atoms with Crippen molar-refractivity contribution in [2.24, 2.45) is 0 Å². The lowest BCUT2D eigenvalue weighted by atomic mass is 10.2. The van der Waals surface area contributed by atoms with Crippen LogP contribution in [-0.4, -0.2) is 22.5 Å². The van der Waals surface area contributed by atoms with Crippen LogP contribution in [0.4, 0.5) is 10.5 Å². The van der Waals surface area contributed by atoms with Crippen molar-refractivity contribution in [3.63, 3.8) is 0 Å². The standard InChI is InChI=1S/C20H17Cl2N3OS/c21-14-8-9-15(22)16(11-14)24-20(26)25-10-4-7-18(25)19-23-17(12-27-19)13-5-2-1-3-6-13/h1-3,5-6,8-9,11-12,18H,4,7,10H2,(H,24,26)/t18-/m0/s1. The van der Waals surface area contributed by atoms with Gasteiger partial charge in [0.25, 0.3) is 0 Å². The average Bonchev–Trinajstić information content (AvgIpc) is 3.34.